The molecule has 7 nitrogen and oxygen atoms in total. The molecule has 1 atom stereocenters. The molecular formula is C21H22ClN3O4. The predicted molar refractivity (Wildman–Crippen MR) is 112 cm³/mol. The second-order valence-electron chi connectivity index (χ2n) is 6.70. The zero-order chi connectivity index (χ0) is 21.0. The van der Waals surface area contributed by atoms with Crippen LogP contribution >= 0.6 is 11.6 Å². The summed E-state index contributed by atoms with van der Waals surface area (Å²) in [7, 11) is 1.51. The highest BCUT2D eigenvalue weighted by Gasteiger charge is 2.25. The number of carbonyl (C=O) groups excluding carboxylic acids is 3. The van der Waals surface area contributed by atoms with Crippen molar-refractivity contribution in [1.29, 1.82) is 0 Å². The zero-order valence-corrected chi connectivity index (χ0v) is 17.0. The Kier molecular flexibility index (Phi) is 6.39. The fourth-order valence-electron chi connectivity index (χ4n) is 3.12. The first-order chi connectivity index (χ1) is 13.9. The van der Waals surface area contributed by atoms with E-state index >= 15 is 0 Å². The smallest absolute Gasteiger partial charge is 0.253 e. The molecule has 2 N–H and O–H groups in total. The van der Waals surface area contributed by atoms with Crippen molar-refractivity contribution in [3.8, 4) is 5.75 Å². The molecule has 0 aromatic heterocycles. The van der Waals surface area contributed by atoms with E-state index in [1.54, 1.807) is 54.3 Å². The molecule has 0 aliphatic carbocycles. The molecule has 2 aromatic rings. The van der Waals surface area contributed by atoms with Crippen molar-refractivity contribution < 1.29 is 19.1 Å². The van der Waals surface area contributed by atoms with Gasteiger partial charge in [0.15, 0.2) is 0 Å². The summed E-state index contributed by atoms with van der Waals surface area (Å²) < 4.78 is 5.39. The maximum atomic E-state index is 12.5. The molecule has 0 spiro atoms. The van der Waals surface area contributed by atoms with Gasteiger partial charge in [-0.05, 0) is 37.6 Å². The predicted octanol–water partition coefficient (Wildman–Crippen LogP) is 3.23. The number of halogens is 1. The zero-order valence-electron chi connectivity index (χ0n) is 16.2. The summed E-state index contributed by atoms with van der Waals surface area (Å²) >= 11 is 6.02. The molecule has 2 aromatic carbocycles. The van der Waals surface area contributed by atoms with E-state index < -0.39 is 17.9 Å². The van der Waals surface area contributed by atoms with E-state index in [4.69, 9.17) is 16.3 Å². The lowest BCUT2D eigenvalue weighted by molar-refractivity contribution is -0.118. The Hall–Kier alpha value is -3.06. The lowest BCUT2D eigenvalue weighted by Crippen LogP contribution is -2.41. The van der Waals surface area contributed by atoms with Crippen LogP contribution in [0.4, 0.5) is 11.4 Å². The highest BCUT2D eigenvalue weighted by molar-refractivity contribution is 6.33. The number of methoxy groups -OCH3 is 1. The summed E-state index contributed by atoms with van der Waals surface area (Å²) in [6.45, 7) is 2.23. The van der Waals surface area contributed by atoms with Gasteiger partial charge in [0, 0.05) is 24.7 Å². The number of hydrogen-bond acceptors (Lipinski definition) is 4. The molecule has 1 fully saturated rings. The third-order valence-electron chi connectivity index (χ3n) is 4.67. The van der Waals surface area contributed by atoms with Gasteiger partial charge in [-0.1, -0.05) is 23.7 Å². The van der Waals surface area contributed by atoms with Crippen LogP contribution in [0.5, 0.6) is 5.75 Å². The van der Waals surface area contributed by atoms with Crippen molar-refractivity contribution in [2.75, 3.05) is 23.9 Å². The van der Waals surface area contributed by atoms with Crippen LogP contribution in [0.15, 0.2) is 42.5 Å². The van der Waals surface area contributed by atoms with Gasteiger partial charge in [-0.2, -0.15) is 0 Å². The Morgan fingerprint density at radius 2 is 1.97 bits per heavy atom. The summed E-state index contributed by atoms with van der Waals surface area (Å²) in [5, 5.41) is 5.69. The summed E-state index contributed by atoms with van der Waals surface area (Å²) in [6.07, 6.45) is 1.33. The minimum Gasteiger partial charge on any atom is -0.494 e. The number of anilines is 2. The Balaban J connectivity index is 1.67. The minimum atomic E-state index is -0.787. The summed E-state index contributed by atoms with van der Waals surface area (Å²) in [6, 6.07) is 10.9. The molecule has 0 unspecified atom stereocenters. The number of hydrogen-bond donors (Lipinski definition) is 2. The number of benzene rings is 2. The van der Waals surface area contributed by atoms with Gasteiger partial charge < -0.3 is 20.3 Å². The second-order valence-corrected chi connectivity index (χ2v) is 7.11. The number of carbonyl (C=O) groups is 3. The van der Waals surface area contributed by atoms with Crippen LogP contribution in [0.3, 0.4) is 0 Å². The van der Waals surface area contributed by atoms with Crippen LogP contribution in [0.1, 0.15) is 30.1 Å². The van der Waals surface area contributed by atoms with E-state index in [1.807, 2.05) is 0 Å². The van der Waals surface area contributed by atoms with Gasteiger partial charge in [0.05, 0.1) is 23.4 Å². The first kappa shape index (κ1) is 20.7. The van der Waals surface area contributed by atoms with Gasteiger partial charge in [0.1, 0.15) is 11.8 Å². The van der Waals surface area contributed by atoms with E-state index in [2.05, 4.69) is 10.6 Å². The lowest BCUT2D eigenvalue weighted by atomic mass is 10.2. The van der Waals surface area contributed by atoms with Crippen LogP contribution in [-0.2, 0) is 9.59 Å². The molecule has 3 amide bonds. The van der Waals surface area contributed by atoms with E-state index in [0.717, 1.165) is 6.42 Å². The van der Waals surface area contributed by atoms with Gasteiger partial charge in [0.25, 0.3) is 5.91 Å². The monoisotopic (exact) mass is 415 g/mol. The molecule has 1 heterocycles. The quantitative estimate of drug-likeness (QED) is 0.758. The Labute approximate surface area is 174 Å². The molecule has 0 bridgehead atoms. The van der Waals surface area contributed by atoms with Crippen molar-refractivity contribution in [3.63, 3.8) is 0 Å². The first-order valence-electron chi connectivity index (χ1n) is 9.25. The first-order valence-corrected chi connectivity index (χ1v) is 9.63. The topological polar surface area (TPSA) is 87.7 Å². The Morgan fingerprint density at radius 1 is 1.21 bits per heavy atom. The largest absolute Gasteiger partial charge is 0.494 e. The van der Waals surface area contributed by atoms with Crippen LogP contribution in [-0.4, -0.2) is 37.4 Å². The van der Waals surface area contributed by atoms with E-state index in [9.17, 15) is 14.4 Å². The summed E-state index contributed by atoms with van der Waals surface area (Å²) in [5.41, 5.74) is 1.48. The van der Waals surface area contributed by atoms with Crippen molar-refractivity contribution >= 4 is 40.7 Å². The number of amides is 3. The molecule has 1 aliphatic rings. The average molecular weight is 416 g/mol. The molecular weight excluding hydrogens is 394 g/mol. The van der Waals surface area contributed by atoms with E-state index in [1.165, 1.54) is 7.11 Å². The Bertz CT molecular complexity index is 947. The lowest BCUT2D eigenvalue weighted by Gasteiger charge is -2.20. The highest BCUT2D eigenvalue weighted by atomic mass is 35.5. The standard InChI is InChI=1S/C21H22ClN3O4/c1-13(23-21(28)15-6-3-4-7-16(15)22)20(27)24-14-9-10-17(18(12-14)29-2)25-11-5-8-19(25)26/h3-4,6-7,9-10,12-13H,5,8,11H2,1-2H3,(H,23,28)(H,24,27)/t13-/m0/s1. The van der Waals surface area contributed by atoms with Gasteiger partial charge >= 0.3 is 0 Å². The molecule has 0 saturated carbocycles. The molecule has 29 heavy (non-hydrogen) atoms. The fourth-order valence-corrected chi connectivity index (χ4v) is 3.34. The molecule has 1 aliphatic heterocycles. The molecule has 1 saturated heterocycles. The number of nitrogens with one attached hydrogen (secondary N) is 2. The van der Waals surface area contributed by atoms with Crippen molar-refractivity contribution in [2.45, 2.75) is 25.8 Å². The van der Waals surface area contributed by atoms with Crippen molar-refractivity contribution in [2.24, 2.45) is 0 Å². The van der Waals surface area contributed by atoms with Gasteiger partial charge in [0.2, 0.25) is 11.8 Å². The van der Waals surface area contributed by atoms with E-state index in [-0.39, 0.29) is 5.91 Å². The van der Waals surface area contributed by atoms with E-state index in [0.29, 0.717) is 40.7 Å². The highest BCUT2D eigenvalue weighted by Crippen LogP contribution is 2.33. The Morgan fingerprint density at radius 3 is 2.62 bits per heavy atom. The van der Waals surface area contributed by atoms with Crippen molar-refractivity contribution in [1.82, 2.24) is 5.32 Å². The maximum absolute atomic E-state index is 12.5. The van der Waals surface area contributed by atoms with Crippen molar-refractivity contribution in [3.05, 3.63) is 53.1 Å². The maximum Gasteiger partial charge on any atom is 0.253 e. The SMILES string of the molecule is COc1cc(NC(=O)[C@H](C)NC(=O)c2ccccc2Cl)ccc1N1CCCC1=O. The van der Waals surface area contributed by atoms with Gasteiger partial charge in [-0.15, -0.1) is 0 Å². The average Bonchev–Trinajstić information content (AvgIpc) is 3.13. The molecule has 0 radical (unpaired) electrons. The number of nitrogens with zero attached hydrogens (tertiary/aromatic N) is 1. The fraction of sp³-hybridized carbons (Fsp3) is 0.286. The van der Waals surface area contributed by atoms with Crippen LogP contribution < -0.4 is 20.3 Å². The molecule has 3 rings (SSSR count). The van der Waals surface area contributed by atoms with Gasteiger partial charge in [-0.25, -0.2) is 0 Å². The number of ether oxygens (including phenoxy) is 1. The van der Waals surface area contributed by atoms with Crippen LogP contribution in [0.2, 0.25) is 5.02 Å². The summed E-state index contributed by atoms with van der Waals surface area (Å²) in [4.78, 5) is 38.5. The third-order valence-corrected chi connectivity index (χ3v) is 5.00. The molecule has 8 heteroatoms. The molecule has 152 valence electrons. The van der Waals surface area contributed by atoms with Gasteiger partial charge in [-0.3, -0.25) is 14.4 Å². The minimum absolute atomic E-state index is 0.0518. The summed E-state index contributed by atoms with van der Waals surface area (Å²) in [5.74, 6) is -0.280. The second kappa shape index (κ2) is 8.96. The normalized spacial score (nSPS) is 14.4. The van der Waals surface area contributed by atoms with Crippen LogP contribution in [0.25, 0.3) is 0 Å². The third kappa shape index (κ3) is 4.68. The number of rotatable bonds is 6. The van der Waals surface area contributed by atoms with Crippen LogP contribution in [0, 0.1) is 0 Å².